The van der Waals surface area contributed by atoms with Gasteiger partial charge >= 0.3 is 12.1 Å². The molecule has 0 radical (unpaired) electrons. The average molecular weight is 291 g/mol. The molecule has 0 aromatic heterocycles. The lowest BCUT2D eigenvalue weighted by Crippen LogP contribution is -2.56. The van der Waals surface area contributed by atoms with Crippen LogP contribution in [0.1, 0.15) is 6.42 Å². The van der Waals surface area contributed by atoms with E-state index in [9.17, 15) is 9.59 Å². The normalized spacial score (nSPS) is 21.3. The zero-order valence-electron chi connectivity index (χ0n) is 8.36. The molecular formula is C8H10Cl3NO4. The molecule has 2 atom stereocenters. The van der Waals surface area contributed by atoms with Gasteiger partial charge in [0.05, 0.1) is 7.11 Å². The zero-order valence-corrected chi connectivity index (χ0v) is 10.6. The monoisotopic (exact) mass is 289 g/mol. The number of ether oxygens (including phenoxy) is 2. The molecule has 5 nitrogen and oxygen atoms in total. The number of likely N-dealkylation sites (tertiary alicyclic amines) is 1. The molecule has 92 valence electrons. The lowest BCUT2D eigenvalue weighted by Gasteiger charge is -2.37. The van der Waals surface area contributed by atoms with E-state index in [2.05, 4.69) is 4.74 Å². The van der Waals surface area contributed by atoms with Gasteiger partial charge in [-0.15, -0.1) is 0 Å². The standard InChI is InChI=1S/C8H10Cl3NO4/c1-15-7(13)4-2-3-12(4)8(14)16-6(11)5(9)10/h4-6H,2-3H2,1H3. The van der Waals surface area contributed by atoms with E-state index >= 15 is 0 Å². The molecule has 0 aliphatic carbocycles. The quantitative estimate of drug-likeness (QED) is 0.587. The van der Waals surface area contributed by atoms with Crippen LogP contribution >= 0.6 is 34.8 Å². The van der Waals surface area contributed by atoms with Gasteiger partial charge in [0.25, 0.3) is 0 Å². The number of carbonyl (C=O) groups excluding carboxylic acids is 2. The number of hydrogen-bond donors (Lipinski definition) is 0. The predicted octanol–water partition coefficient (Wildman–Crippen LogP) is 1.74. The van der Waals surface area contributed by atoms with E-state index in [4.69, 9.17) is 39.5 Å². The molecule has 0 spiro atoms. The second-order valence-electron chi connectivity index (χ2n) is 3.09. The average Bonchev–Trinajstić information content (AvgIpc) is 2.15. The molecule has 1 saturated heterocycles. The Bertz CT molecular complexity index is 286. The first-order chi connectivity index (χ1) is 7.47. The summed E-state index contributed by atoms with van der Waals surface area (Å²) in [5.41, 5.74) is -1.14. The van der Waals surface area contributed by atoms with Crippen molar-refractivity contribution in [3.8, 4) is 0 Å². The number of methoxy groups -OCH3 is 1. The van der Waals surface area contributed by atoms with E-state index in [1.807, 2.05) is 0 Å². The number of nitrogens with zero attached hydrogens (tertiary/aromatic N) is 1. The smallest absolute Gasteiger partial charge is 0.412 e. The molecule has 16 heavy (non-hydrogen) atoms. The summed E-state index contributed by atoms with van der Waals surface area (Å²) in [5.74, 6) is -0.484. The Hall–Kier alpha value is -0.390. The Morgan fingerprint density at radius 3 is 2.38 bits per heavy atom. The first-order valence-corrected chi connectivity index (χ1v) is 5.75. The van der Waals surface area contributed by atoms with Crippen LogP contribution in [0.5, 0.6) is 0 Å². The van der Waals surface area contributed by atoms with Crippen molar-refractivity contribution in [2.75, 3.05) is 13.7 Å². The van der Waals surface area contributed by atoms with E-state index in [1.165, 1.54) is 12.0 Å². The number of alkyl halides is 3. The van der Waals surface area contributed by atoms with Crippen molar-refractivity contribution in [2.45, 2.75) is 22.9 Å². The van der Waals surface area contributed by atoms with Crippen molar-refractivity contribution >= 4 is 46.9 Å². The highest BCUT2D eigenvalue weighted by Crippen LogP contribution is 2.22. The Balaban J connectivity index is 2.46. The highest BCUT2D eigenvalue weighted by atomic mass is 35.5. The van der Waals surface area contributed by atoms with E-state index in [0.717, 1.165) is 0 Å². The van der Waals surface area contributed by atoms with Crippen LogP contribution in [0.2, 0.25) is 0 Å². The SMILES string of the molecule is COC(=O)C1CCN1C(=O)OC(Cl)C(Cl)Cl. The summed E-state index contributed by atoms with van der Waals surface area (Å²) in [7, 11) is 1.25. The molecule has 1 amide bonds. The second-order valence-corrected chi connectivity index (χ2v) is 4.68. The summed E-state index contributed by atoms with van der Waals surface area (Å²) in [5, 5.41) is 0. The van der Waals surface area contributed by atoms with Gasteiger partial charge < -0.3 is 9.47 Å². The largest absolute Gasteiger partial charge is 0.467 e. The third-order valence-electron chi connectivity index (χ3n) is 2.14. The molecule has 1 aliphatic rings. The van der Waals surface area contributed by atoms with E-state index in [1.54, 1.807) is 0 Å². The summed E-state index contributed by atoms with van der Waals surface area (Å²) in [6.07, 6.45) is -0.187. The minimum Gasteiger partial charge on any atom is -0.467 e. The predicted molar refractivity (Wildman–Crippen MR) is 58.7 cm³/mol. The summed E-state index contributed by atoms with van der Waals surface area (Å²) in [6.45, 7) is 0.414. The van der Waals surface area contributed by atoms with Gasteiger partial charge in [0.1, 0.15) is 6.04 Å². The lowest BCUT2D eigenvalue weighted by molar-refractivity contribution is -0.150. The van der Waals surface area contributed by atoms with Crippen LogP contribution in [0.3, 0.4) is 0 Å². The van der Waals surface area contributed by atoms with Crippen molar-refractivity contribution in [1.82, 2.24) is 4.90 Å². The van der Waals surface area contributed by atoms with Crippen LogP contribution in [-0.2, 0) is 14.3 Å². The van der Waals surface area contributed by atoms with Gasteiger partial charge in [-0.3, -0.25) is 4.90 Å². The number of carbonyl (C=O) groups is 2. The van der Waals surface area contributed by atoms with Gasteiger partial charge in [-0.2, -0.15) is 0 Å². The fourth-order valence-electron chi connectivity index (χ4n) is 1.20. The molecule has 1 fully saturated rings. The minimum absolute atomic E-state index is 0.414. The lowest BCUT2D eigenvalue weighted by atomic mass is 10.1. The molecule has 0 bridgehead atoms. The van der Waals surface area contributed by atoms with Crippen molar-refractivity contribution < 1.29 is 19.1 Å². The van der Waals surface area contributed by atoms with Crippen LogP contribution in [-0.4, -0.2) is 47.1 Å². The Kier molecular flexibility index (Phi) is 4.95. The summed E-state index contributed by atoms with van der Waals surface area (Å²) in [6, 6.07) is -0.606. The van der Waals surface area contributed by atoms with Gasteiger partial charge in [-0.05, 0) is 6.42 Å². The summed E-state index contributed by atoms with van der Waals surface area (Å²) >= 11 is 16.4. The molecule has 1 rings (SSSR count). The number of hydrogen-bond acceptors (Lipinski definition) is 4. The maximum absolute atomic E-state index is 11.5. The topological polar surface area (TPSA) is 55.8 Å². The minimum atomic E-state index is -1.14. The van der Waals surface area contributed by atoms with Crippen molar-refractivity contribution in [2.24, 2.45) is 0 Å². The zero-order chi connectivity index (χ0) is 12.3. The third kappa shape index (κ3) is 3.06. The Labute approximate surface area is 108 Å². The Morgan fingerprint density at radius 1 is 1.38 bits per heavy atom. The highest BCUT2D eigenvalue weighted by molar-refractivity contribution is 6.48. The molecule has 1 heterocycles. The maximum Gasteiger partial charge on any atom is 0.412 e. The van der Waals surface area contributed by atoms with Crippen molar-refractivity contribution in [3.05, 3.63) is 0 Å². The maximum atomic E-state index is 11.5. The van der Waals surface area contributed by atoms with Crippen LogP contribution in [0, 0.1) is 0 Å². The number of halogens is 3. The van der Waals surface area contributed by atoms with Crippen LogP contribution in [0.4, 0.5) is 4.79 Å². The third-order valence-corrected chi connectivity index (χ3v) is 3.20. The van der Waals surface area contributed by atoms with Crippen molar-refractivity contribution in [3.63, 3.8) is 0 Å². The highest BCUT2D eigenvalue weighted by Gasteiger charge is 2.40. The van der Waals surface area contributed by atoms with Gasteiger partial charge in [0.2, 0.25) is 5.56 Å². The molecule has 0 aromatic rings. The Morgan fingerprint density at radius 2 is 2.00 bits per heavy atom. The summed E-state index contributed by atoms with van der Waals surface area (Å²) in [4.78, 5) is 22.8. The van der Waals surface area contributed by atoms with Gasteiger partial charge in [0, 0.05) is 6.54 Å². The van der Waals surface area contributed by atoms with Crippen LogP contribution in [0.25, 0.3) is 0 Å². The van der Waals surface area contributed by atoms with Crippen LogP contribution in [0.15, 0.2) is 0 Å². The van der Waals surface area contributed by atoms with Gasteiger partial charge in [0.15, 0.2) is 4.84 Å². The fraction of sp³-hybridized carbons (Fsp3) is 0.750. The van der Waals surface area contributed by atoms with E-state index in [-0.39, 0.29) is 0 Å². The van der Waals surface area contributed by atoms with Crippen LogP contribution < -0.4 is 0 Å². The first-order valence-electron chi connectivity index (χ1n) is 4.44. The molecule has 0 saturated carbocycles. The molecule has 2 unspecified atom stereocenters. The molecule has 0 aromatic carbocycles. The number of rotatable bonds is 3. The van der Waals surface area contributed by atoms with E-state index < -0.39 is 28.5 Å². The summed E-state index contributed by atoms with van der Waals surface area (Å²) < 4.78 is 9.23. The van der Waals surface area contributed by atoms with Crippen molar-refractivity contribution in [1.29, 1.82) is 0 Å². The molecular weight excluding hydrogens is 280 g/mol. The fourth-order valence-corrected chi connectivity index (χ4v) is 1.38. The first kappa shape index (κ1) is 13.7. The number of amides is 1. The molecule has 8 heteroatoms. The molecule has 0 N–H and O–H groups in total. The number of esters is 1. The van der Waals surface area contributed by atoms with Gasteiger partial charge in [-0.1, -0.05) is 34.8 Å². The molecule has 1 aliphatic heterocycles. The van der Waals surface area contributed by atoms with Gasteiger partial charge in [-0.25, -0.2) is 9.59 Å². The second kappa shape index (κ2) is 5.80. The van der Waals surface area contributed by atoms with E-state index in [0.29, 0.717) is 13.0 Å².